The van der Waals surface area contributed by atoms with E-state index in [9.17, 15) is 9.59 Å². The van der Waals surface area contributed by atoms with Crippen LogP contribution in [-0.4, -0.2) is 33.0 Å². The van der Waals surface area contributed by atoms with Gasteiger partial charge in [0.15, 0.2) is 17.3 Å². The van der Waals surface area contributed by atoms with E-state index in [-0.39, 0.29) is 24.0 Å². The fourth-order valence-electron chi connectivity index (χ4n) is 4.47. The van der Waals surface area contributed by atoms with Crippen molar-refractivity contribution in [2.75, 3.05) is 26.2 Å². The number of methoxy groups -OCH3 is 3. The topological polar surface area (TPSA) is 65.1 Å². The van der Waals surface area contributed by atoms with Gasteiger partial charge in [0.1, 0.15) is 0 Å². The van der Waals surface area contributed by atoms with Gasteiger partial charge in [-0.05, 0) is 54.8 Å². The summed E-state index contributed by atoms with van der Waals surface area (Å²) in [4.78, 5) is 28.1. The van der Waals surface area contributed by atoms with E-state index in [1.54, 1.807) is 38.4 Å². The summed E-state index contributed by atoms with van der Waals surface area (Å²) in [6.45, 7) is 0. The molecule has 0 aromatic heterocycles. The van der Waals surface area contributed by atoms with E-state index in [0.29, 0.717) is 40.7 Å². The van der Waals surface area contributed by atoms with Gasteiger partial charge in [0.25, 0.3) is 0 Å². The predicted molar refractivity (Wildman–Crippen MR) is 118 cm³/mol. The van der Waals surface area contributed by atoms with Crippen molar-refractivity contribution in [2.24, 2.45) is 0 Å². The first-order chi connectivity index (χ1) is 15.0. The average molecular weight is 442 g/mol. The van der Waals surface area contributed by atoms with Crippen molar-refractivity contribution in [3.8, 4) is 17.2 Å². The Bertz CT molecular complexity index is 1040. The quantitative estimate of drug-likeness (QED) is 0.660. The van der Waals surface area contributed by atoms with Crippen LogP contribution < -0.4 is 19.1 Å². The molecule has 2 aromatic carbocycles. The molecule has 0 saturated heterocycles. The number of ether oxygens (including phenoxy) is 3. The van der Waals surface area contributed by atoms with Crippen molar-refractivity contribution in [3.05, 3.63) is 58.3 Å². The summed E-state index contributed by atoms with van der Waals surface area (Å²) in [5, 5.41) is 0.595. The number of benzene rings is 2. The van der Waals surface area contributed by atoms with E-state index in [4.69, 9.17) is 25.8 Å². The zero-order valence-electron chi connectivity index (χ0n) is 17.7. The number of carbonyl (C=O) groups is 2. The Morgan fingerprint density at radius 3 is 2.16 bits per heavy atom. The number of amides is 1. The van der Waals surface area contributed by atoms with Crippen molar-refractivity contribution >= 4 is 29.0 Å². The second-order valence-corrected chi connectivity index (χ2v) is 7.99. The number of allylic oxidation sites excluding steroid dienone is 2. The maximum absolute atomic E-state index is 13.3. The van der Waals surface area contributed by atoms with Crippen LogP contribution in [0.2, 0.25) is 5.02 Å². The maximum atomic E-state index is 13.3. The molecule has 162 valence electrons. The number of ketones is 1. The predicted octanol–water partition coefficient (Wildman–Crippen LogP) is 4.89. The minimum absolute atomic E-state index is 0.0606. The van der Waals surface area contributed by atoms with Crippen molar-refractivity contribution in [2.45, 2.75) is 31.6 Å². The fourth-order valence-corrected chi connectivity index (χ4v) is 4.60. The molecule has 1 aliphatic heterocycles. The number of halogens is 1. The van der Waals surface area contributed by atoms with Crippen LogP contribution in [0.25, 0.3) is 0 Å². The van der Waals surface area contributed by atoms with Crippen LogP contribution >= 0.6 is 11.6 Å². The molecule has 6 nitrogen and oxygen atoms in total. The van der Waals surface area contributed by atoms with Gasteiger partial charge in [-0.3, -0.25) is 14.5 Å². The number of hydrogen-bond donors (Lipinski definition) is 0. The zero-order chi connectivity index (χ0) is 22.1. The van der Waals surface area contributed by atoms with Crippen molar-refractivity contribution in [3.63, 3.8) is 0 Å². The highest BCUT2D eigenvalue weighted by Gasteiger charge is 2.40. The Balaban J connectivity index is 1.87. The van der Waals surface area contributed by atoms with Gasteiger partial charge in [-0.2, -0.15) is 0 Å². The summed E-state index contributed by atoms with van der Waals surface area (Å²) in [6, 6.07) is 10.8. The van der Waals surface area contributed by atoms with Gasteiger partial charge in [-0.25, -0.2) is 0 Å². The monoisotopic (exact) mass is 441 g/mol. The van der Waals surface area contributed by atoms with Crippen LogP contribution in [0, 0.1) is 0 Å². The lowest BCUT2D eigenvalue weighted by Gasteiger charge is -2.38. The van der Waals surface area contributed by atoms with Crippen molar-refractivity contribution < 1.29 is 23.8 Å². The summed E-state index contributed by atoms with van der Waals surface area (Å²) >= 11 is 6.03. The summed E-state index contributed by atoms with van der Waals surface area (Å²) in [5.41, 5.74) is 2.98. The first-order valence-electron chi connectivity index (χ1n) is 10.1. The normalized spacial score (nSPS) is 18.7. The Morgan fingerprint density at radius 1 is 0.935 bits per heavy atom. The number of Topliss-reactive ketones (excluding diaryl/α,β-unsaturated/α-hetero) is 1. The molecule has 4 rings (SSSR count). The number of hydrogen-bond acceptors (Lipinski definition) is 5. The van der Waals surface area contributed by atoms with E-state index < -0.39 is 0 Å². The summed E-state index contributed by atoms with van der Waals surface area (Å²) in [5.74, 6) is 1.11. The van der Waals surface area contributed by atoms with Crippen molar-refractivity contribution in [1.82, 2.24) is 0 Å². The maximum Gasteiger partial charge on any atom is 0.232 e. The molecule has 1 aliphatic carbocycles. The molecule has 0 bridgehead atoms. The standard InChI is InChI=1S/C24H24ClNO5/c1-29-20-11-14(12-21(30-2)24(20)31-3)17-13-22(28)26(16-9-7-15(25)8-10-16)18-5-4-6-19(27)23(17)18/h7-12,17H,4-6,13H2,1-3H3/t17-/m0/s1. The lowest BCUT2D eigenvalue weighted by molar-refractivity contribution is -0.119. The van der Waals surface area contributed by atoms with Gasteiger partial charge in [0.05, 0.1) is 21.3 Å². The van der Waals surface area contributed by atoms with E-state index >= 15 is 0 Å². The highest BCUT2D eigenvalue weighted by molar-refractivity contribution is 6.30. The van der Waals surface area contributed by atoms with Gasteiger partial charge in [-0.1, -0.05) is 11.6 Å². The molecule has 0 unspecified atom stereocenters. The van der Waals surface area contributed by atoms with Crippen LogP contribution in [0.3, 0.4) is 0 Å². The molecule has 2 aliphatic rings. The molecule has 0 N–H and O–H groups in total. The Kier molecular flexibility index (Phi) is 5.92. The minimum Gasteiger partial charge on any atom is -0.493 e. The third-order valence-corrected chi connectivity index (χ3v) is 6.10. The fraction of sp³-hybridized carbons (Fsp3) is 0.333. The number of rotatable bonds is 5. The van der Waals surface area contributed by atoms with Crippen LogP contribution in [0.5, 0.6) is 17.2 Å². The number of nitrogens with zero attached hydrogens (tertiary/aromatic N) is 1. The molecule has 31 heavy (non-hydrogen) atoms. The largest absolute Gasteiger partial charge is 0.493 e. The Morgan fingerprint density at radius 2 is 1.58 bits per heavy atom. The number of carbonyl (C=O) groups excluding carboxylic acids is 2. The summed E-state index contributed by atoms with van der Waals surface area (Å²) in [6.07, 6.45) is 2.03. The molecule has 0 saturated carbocycles. The van der Waals surface area contributed by atoms with Crippen LogP contribution in [0.15, 0.2) is 47.7 Å². The lowest BCUT2D eigenvalue weighted by atomic mass is 9.77. The van der Waals surface area contributed by atoms with Gasteiger partial charge in [0, 0.05) is 40.7 Å². The first kappa shape index (κ1) is 21.2. The SMILES string of the molecule is COc1cc([C@@H]2CC(=O)N(c3ccc(Cl)cc3)C3=C2C(=O)CCC3)cc(OC)c1OC. The highest BCUT2D eigenvalue weighted by Crippen LogP contribution is 2.47. The van der Waals surface area contributed by atoms with Gasteiger partial charge >= 0.3 is 0 Å². The van der Waals surface area contributed by atoms with Crippen molar-refractivity contribution in [1.29, 1.82) is 0 Å². The molecule has 0 radical (unpaired) electrons. The van der Waals surface area contributed by atoms with Gasteiger partial charge in [0.2, 0.25) is 11.7 Å². The molecule has 0 fully saturated rings. The molecule has 1 heterocycles. The highest BCUT2D eigenvalue weighted by atomic mass is 35.5. The number of anilines is 1. The van der Waals surface area contributed by atoms with Crippen LogP contribution in [-0.2, 0) is 9.59 Å². The molecule has 0 spiro atoms. The second kappa shape index (κ2) is 8.63. The van der Waals surface area contributed by atoms with Gasteiger partial charge in [-0.15, -0.1) is 0 Å². The third-order valence-electron chi connectivity index (χ3n) is 5.85. The first-order valence-corrected chi connectivity index (χ1v) is 10.5. The molecule has 2 aromatic rings. The smallest absolute Gasteiger partial charge is 0.232 e. The molecule has 7 heteroatoms. The molecular formula is C24H24ClNO5. The minimum atomic E-state index is -0.368. The average Bonchev–Trinajstić information content (AvgIpc) is 2.78. The van der Waals surface area contributed by atoms with E-state index in [2.05, 4.69) is 0 Å². The Labute approximate surface area is 186 Å². The van der Waals surface area contributed by atoms with Gasteiger partial charge < -0.3 is 14.2 Å². The summed E-state index contributed by atoms with van der Waals surface area (Å²) in [7, 11) is 4.64. The lowest BCUT2D eigenvalue weighted by Crippen LogP contribution is -2.40. The molecular weight excluding hydrogens is 418 g/mol. The third kappa shape index (κ3) is 3.76. The second-order valence-electron chi connectivity index (χ2n) is 7.56. The van der Waals surface area contributed by atoms with E-state index in [1.165, 1.54) is 0 Å². The zero-order valence-corrected chi connectivity index (χ0v) is 18.5. The molecule has 1 atom stereocenters. The van der Waals surface area contributed by atoms with E-state index in [0.717, 1.165) is 23.4 Å². The van der Waals surface area contributed by atoms with E-state index in [1.807, 2.05) is 24.3 Å². The summed E-state index contributed by atoms with van der Waals surface area (Å²) < 4.78 is 16.4. The molecule has 1 amide bonds. The Hall–Kier alpha value is -2.99. The van der Waals surface area contributed by atoms with Crippen LogP contribution in [0.4, 0.5) is 5.69 Å². The van der Waals surface area contributed by atoms with Crippen LogP contribution in [0.1, 0.15) is 37.2 Å².